The summed E-state index contributed by atoms with van der Waals surface area (Å²) in [5.41, 5.74) is 8.01. The molecule has 264 valence electrons. The van der Waals surface area contributed by atoms with Gasteiger partial charge in [-0.15, -0.1) is 0 Å². The molecule has 2 aliphatic rings. The van der Waals surface area contributed by atoms with Crippen LogP contribution in [0.3, 0.4) is 0 Å². The average Bonchev–Trinajstić information content (AvgIpc) is 3.03. The van der Waals surface area contributed by atoms with E-state index in [0.29, 0.717) is 0 Å². The van der Waals surface area contributed by atoms with Gasteiger partial charge >= 0.3 is 277 Å². The maximum atomic E-state index is 13.9. The van der Waals surface area contributed by atoms with E-state index < -0.39 is 29.5 Å². The Bertz CT molecular complexity index is 1640. The first-order valence-corrected chi connectivity index (χ1v) is 26.5. The summed E-state index contributed by atoms with van der Waals surface area (Å²) in [5, 5.41) is 0. The monoisotopic (exact) mass is 771 g/mol. The van der Waals surface area contributed by atoms with Gasteiger partial charge in [0.2, 0.25) is 0 Å². The number of hydrogen-bond acceptors (Lipinski definition) is 3. The van der Waals surface area contributed by atoms with Crippen molar-refractivity contribution in [2.75, 3.05) is 4.90 Å². The van der Waals surface area contributed by atoms with E-state index in [4.69, 9.17) is 9.47 Å². The number of ether oxygens (including phenoxy) is 2. The van der Waals surface area contributed by atoms with E-state index in [1.54, 1.807) is 3.58 Å². The quantitative estimate of drug-likeness (QED) is 0.172. The Hall–Kier alpha value is -2.73. The predicted molar refractivity (Wildman–Crippen MR) is 211 cm³/mol. The van der Waals surface area contributed by atoms with Crippen LogP contribution in [0.1, 0.15) is 129 Å². The Morgan fingerprint density at radius 1 is 0.857 bits per heavy atom. The number of rotatable bonds is 12. The summed E-state index contributed by atoms with van der Waals surface area (Å²) < 4.78 is 19.1. The fraction of sp³-hybridized carbons (Fsp3) is 0.523. The molecule has 5 heteroatoms. The molecule has 3 aromatic rings. The number of fused-ring (bicyclic) bond motifs is 5. The molecule has 0 saturated carbocycles. The number of anilines is 1. The van der Waals surface area contributed by atoms with Crippen molar-refractivity contribution in [3.8, 4) is 16.9 Å². The minimum atomic E-state index is -2.53. The SMILES string of the molecule is CCC[CH2][Sn]([CH2]CCC)([CH2]CCC)[c]1ccc(CC2Oc3cccc(C)c3-c3ccc4c(c32)C(C)=CC(C)(C)N4C(=O)OC(C)(C)C)cc1. The van der Waals surface area contributed by atoms with Gasteiger partial charge in [0.05, 0.1) is 0 Å². The van der Waals surface area contributed by atoms with Crippen LogP contribution in [0.25, 0.3) is 16.7 Å². The van der Waals surface area contributed by atoms with E-state index in [2.05, 4.69) is 109 Å². The molecule has 0 aliphatic carbocycles. The second kappa shape index (κ2) is 15.3. The summed E-state index contributed by atoms with van der Waals surface area (Å²) in [6.45, 7) is 21.4. The van der Waals surface area contributed by atoms with Crippen molar-refractivity contribution in [1.29, 1.82) is 0 Å². The molecule has 5 rings (SSSR count). The first kappa shape index (κ1) is 37.5. The zero-order valence-corrected chi connectivity index (χ0v) is 34.9. The number of unbranched alkanes of at least 4 members (excludes halogenated alkanes) is 3. The number of nitrogens with zero attached hydrogens (tertiary/aromatic N) is 1. The Labute approximate surface area is 301 Å². The van der Waals surface area contributed by atoms with Crippen LogP contribution in [0.15, 0.2) is 60.7 Å². The third-order valence-corrected chi connectivity index (χ3v) is 26.4. The van der Waals surface area contributed by atoms with Crippen molar-refractivity contribution in [1.82, 2.24) is 0 Å². The maximum absolute atomic E-state index is 13.9. The third kappa shape index (κ3) is 7.95. The standard InChI is InChI=1S/C32H34NO3.3C4H9.Sn/c1-20-12-11-15-25-27(20)23-16-17-24-28(29(23)26(35-25)18-22-13-9-8-10-14-22)21(2)19-32(6,7)33(24)30(34)36-31(3,4)5;3*1-3-4-2;/h9-17,19,26H,18H2,1-7H3;3*1,3-4H2,2H3;. The molecule has 0 saturated heterocycles. The molecule has 0 fully saturated rings. The van der Waals surface area contributed by atoms with E-state index in [0.717, 1.165) is 29.0 Å². The molecular weight excluding hydrogens is 709 g/mol. The average molecular weight is 771 g/mol. The van der Waals surface area contributed by atoms with Crippen LogP contribution in [0.2, 0.25) is 13.3 Å². The van der Waals surface area contributed by atoms with E-state index in [9.17, 15) is 4.79 Å². The molecule has 1 atom stereocenters. The van der Waals surface area contributed by atoms with Gasteiger partial charge < -0.3 is 0 Å². The third-order valence-electron chi connectivity index (χ3n) is 10.7. The summed E-state index contributed by atoms with van der Waals surface area (Å²) in [4.78, 5) is 15.7. The number of carbonyl (C=O) groups is 1. The van der Waals surface area contributed by atoms with Crippen molar-refractivity contribution >= 4 is 39.3 Å². The van der Waals surface area contributed by atoms with Gasteiger partial charge in [0, 0.05) is 0 Å². The first-order chi connectivity index (χ1) is 23.2. The van der Waals surface area contributed by atoms with Crippen LogP contribution in [0, 0.1) is 6.92 Å². The minimum absolute atomic E-state index is 0.191. The van der Waals surface area contributed by atoms with Crippen LogP contribution in [-0.4, -0.2) is 35.6 Å². The molecule has 2 aliphatic heterocycles. The van der Waals surface area contributed by atoms with Crippen LogP contribution in [-0.2, 0) is 11.2 Å². The topological polar surface area (TPSA) is 38.8 Å². The Kier molecular flexibility index (Phi) is 11.7. The van der Waals surface area contributed by atoms with Gasteiger partial charge in [-0.2, -0.15) is 0 Å². The van der Waals surface area contributed by atoms with E-state index in [-0.39, 0.29) is 12.2 Å². The zero-order valence-electron chi connectivity index (χ0n) is 32.1. The van der Waals surface area contributed by atoms with Gasteiger partial charge in [-0.05, 0) is 20.8 Å². The second-order valence-electron chi connectivity index (χ2n) is 16.3. The van der Waals surface area contributed by atoms with E-state index in [1.807, 2.05) is 25.7 Å². The number of carbonyl (C=O) groups excluding carboxylic acids is 1. The Morgan fingerprint density at radius 2 is 1.47 bits per heavy atom. The molecule has 0 bridgehead atoms. The second-order valence-corrected chi connectivity index (χ2v) is 29.5. The van der Waals surface area contributed by atoms with Crippen LogP contribution >= 0.6 is 0 Å². The normalized spacial score (nSPS) is 16.7. The molecule has 0 radical (unpaired) electrons. The number of amides is 1. The molecule has 1 amide bonds. The van der Waals surface area contributed by atoms with Crippen LogP contribution in [0.5, 0.6) is 5.75 Å². The van der Waals surface area contributed by atoms with Gasteiger partial charge in [-0.25, -0.2) is 0 Å². The van der Waals surface area contributed by atoms with Gasteiger partial charge in [0.15, 0.2) is 0 Å². The number of allylic oxidation sites excluding steroid dienone is 1. The van der Waals surface area contributed by atoms with Gasteiger partial charge in [0.1, 0.15) is 5.60 Å². The number of aryl methyl sites for hydroxylation is 1. The predicted octanol–water partition coefficient (Wildman–Crippen LogP) is 12.3. The summed E-state index contributed by atoms with van der Waals surface area (Å²) in [6, 6.07) is 20.6. The van der Waals surface area contributed by atoms with Crippen molar-refractivity contribution in [2.24, 2.45) is 0 Å². The molecule has 0 aromatic heterocycles. The van der Waals surface area contributed by atoms with Crippen molar-refractivity contribution < 1.29 is 14.3 Å². The molecule has 2 heterocycles. The van der Waals surface area contributed by atoms with Crippen LogP contribution in [0.4, 0.5) is 10.5 Å². The fourth-order valence-corrected chi connectivity index (χ4v) is 24.3. The molecule has 0 spiro atoms. The van der Waals surface area contributed by atoms with Gasteiger partial charge in [-0.1, -0.05) is 0 Å². The molecular formula is C44H61NO3Sn. The molecule has 1 unspecified atom stereocenters. The van der Waals surface area contributed by atoms with Crippen molar-refractivity contribution in [2.45, 2.75) is 145 Å². The number of hydrogen-bond donors (Lipinski definition) is 0. The zero-order chi connectivity index (χ0) is 35.6. The first-order valence-electron chi connectivity index (χ1n) is 19.0. The van der Waals surface area contributed by atoms with E-state index in [1.165, 1.54) is 79.7 Å². The number of benzene rings is 3. The molecule has 49 heavy (non-hydrogen) atoms. The van der Waals surface area contributed by atoms with Crippen LogP contribution < -0.4 is 13.2 Å². The Balaban J connectivity index is 1.60. The summed E-state index contributed by atoms with van der Waals surface area (Å²) in [7, 11) is 0. The summed E-state index contributed by atoms with van der Waals surface area (Å²) in [5.74, 6) is 0.935. The van der Waals surface area contributed by atoms with Gasteiger partial charge in [0.25, 0.3) is 0 Å². The molecule has 4 nitrogen and oxygen atoms in total. The van der Waals surface area contributed by atoms with Crippen molar-refractivity contribution in [3.63, 3.8) is 0 Å². The fourth-order valence-electron chi connectivity index (χ4n) is 8.38. The summed E-state index contributed by atoms with van der Waals surface area (Å²) in [6.07, 6.45) is 10.4. The molecule has 3 aromatic carbocycles. The van der Waals surface area contributed by atoms with Crippen molar-refractivity contribution in [3.05, 3.63) is 82.9 Å². The molecule has 0 N–H and O–H groups in total. The van der Waals surface area contributed by atoms with E-state index >= 15 is 0 Å². The Morgan fingerprint density at radius 3 is 2.04 bits per heavy atom. The summed E-state index contributed by atoms with van der Waals surface area (Å²) >= 11 is -2.53. The van der Waals surface area contributed by atoms with Gasteiger partial charge in [-0.3, -0.25) is 0 Å².